The van der Waals surface area contributed by atoms with Crippen LogP contribution in [0, 0.1) is 0 Å². The zero-order valence-corrected chi connectivity index (χ0v) is 15.3. The minimum Gasteiger partial charge on any atom is -0.465 e. The second-order valence-electron chi connectivity index (χ2n) is 6.57. The van der Waals surface area contributed by atoms with Gasteiger partial charge in [-0.05, 0) is 38.0 Å². The van der Waals surface area contributed by atoms with E-state index < -0.39 is 11.6 Å². The molecular weight excluding hydrogens is 352 g/mol. The highest BCUT2D eigenvalue weighted by atomic mass is 32.2. The Morgan fingerprint density at radius 2 is 2.08 bits per heavy atom. The number of anilines is 3. The van der Waals surface area contributed by atoms with E-state index in [0.29, 0.717) is 48.3 Å². The molecule has 6 N–H and O–H groups in total. The van der Waals surface area contributed by atoms with E-state index in [1.165, 1.54) is 11.8 Å². The monoisotopic (exact) mass is 374 g/mol. The smallest absolute Gasteiger partial charge is 0.405 e. The van der Waals surface area contributed by atoms with E-state index in [-0.39, 0.29) is 0 Å². The predicted octanol–water partition coefficient (Wildman–Crippen LogP) is 2.42. The number of carboxylic acid groups (broad SMARTS) is 1. The number of nitrogens with zero attached hydrogens (tertiary/aromatic N) is 3. The zero-order valence-electron chi connectivity index (χ0n) is 14.5. The maximum absolute atomic E-state index is 10.9. The molecule has 1 aliphatic heterocycles. The number of aromatic nitrogens is 2. The highest BCUT2D eigenvalue weighted by Crippen LogP contribution is 2.32. The van der Waals surface area contributed by atoms with Crippen LogP contribution in [0.1, 0.15) is 19.8 Å². The molecule has 3 rings (SSSR count). The quantitative estimate of drug-likeness (QED) is 0.600. The molecule has 2 heterocycles. The number of hydrogen-bond acceptors (Lipinski definition) is 7. The van der Waals surface area contributed by atoms with E-state index >= 15 is 0 Å². The molecule has 2 aromatic rings. The van der Waals surface area contributed by atoms with Crippen LogP contribution in [-0.4, -0.2) is 39.8 Å². The van der Waals surface area contributed by atoms with Crippen LogP contribution in [0.4, 0.5) is 22.1 Å². The van der Waals surface area contributed by atoms with Crippen LogP contribution in [0.5, 0.6) is 0 Å². The molecule has 0 atom stereocenters. The fourth-order valence-corrected chi connectivity index (χ4v) is 3.74. The van der Waals surface area contributed by atoms with Crippen molar-refractivity contribution in [3.05, 3.63) is 30.5 Å². The number of rotatable bonds is 4. The maximum atomic E-state index is 10.9. The molecule has 0 unspecified atom stereocenters. The van der Waals surface area contributed by atoms with Crippen molar-refractivity contribution in [3.8, 4) is 0 Å². The van der Waals surface area contributed by atoms with Crippen molar-refractivity contribution in [1.29, 1.82) is 0 Å². The molecule has 1 aliphatic rings. The number of nitrogens with two attached hydrogens (primary N) is 2. The van der Waals surface area contributed by atoms with Crippen molar-refractivity contribution in [2.24, 2.45) is 0 Å². The highest BCUT2D eigenvalue weighted by Gasteiger charge is 2.32. The number of nitrogen functional groups attached to an aromatic ring is 2. The summed E-state index contributed by atoms with van der Waals surface area (Å²) >= 11 is 1.42. The molecule has 0 radical (unpaired) electrons. The number of carbonyl (C=O) groups is 1. The number of nitrogens with one attached hydrogen (secondary N) is 1. The van der Waals surface area contributed by atoms with E-state index in [9.17, 15) is 4.79 Å². The molecule has 1 fully saturated rings. The standard InChI is InChI=1S/C17H22N6O2S/c1-17(22-16(24)25)5-7-23(8-6-17)13-10-20-15(14(19)21-13)26-12-4-2-3-11(18)9-12/h2-4,9-10,22H,5-8,18H2,1H3,(H2,19,21)(H,24,25). The lowest BCUT2D eigenvalue weighted by Gasteiger charge is -2.39. The lowest BCUT2D eigenvalue weighted by atomic mass is 9.90. The third-order valence-corrected chi connectivity index (χ3v) is 5.42. The Hall–Kier alpha value is -2.68. The van der Waals surface area contributed by atoms with Gasteiger partial charge in [-0.3, -0.25) is 0 Å². The zero-order chi connectivity index (χ0) is 18.7. The molecular formula is C17H22N6O2S. The van der Waals surface area contributed by atoms with Gasteiger partial charge in [0.05, 0.1) is 6.20 Å². The Kier molecular flexibility index (Phi) is 5.08. The maximum Gasteiger partial charge on any atom is 0.405 e. The number of hydrogen-bond donors (Lipinski definition) is 4. The summed E-state index contributed by atoms with van der Waals surface area (Å²) in [6.45, 7) is 3.29. The fourth-order valence-electron chi connectivity index (χ4n) is 2.92. The van der Waals surface area contributed by atoms with Crippen molar-refractivity contribution >= 4 is 35.2 Å². The van der Waals surface area contributed by atoms with Gasteiger partial charge in [-0.1, -0.05) is 17.8 Å². The van der Waals surface area contributed by atoms with Crippen LogP contribution >= 0.6 is 11.8 Å². The van der Waals surface area contributed by atoms with E-state index in [1.807, 2.05) is 31.2 Å². The Morgan fingerprint density at radius 1 is 1.35 bits per heavy atom. The first kappa shape index (κ1) is 18.1. The molecule has 1 aromatic heterocycles. The second-order valence-corrected chi connectivity index (χ2v) is 7.63. The largest absolute Gasteiger partial charge is 0.465 e. The van der Waals surface area contributed by atoms with Gasteiger partial charge in [-0.2, -0.15) is 0 Å². The van der Waals surface area contributed by atoms with E-state index in [4.69, 9.17) is 16.6 Å². The van der Waals surface area contributed by atoms with Gasteiger partial charge >= 0.3 is 6.09 Å². The first-order valence-electron chi connectivity index (χ1n) is 8.27. The average molecular weight is 374 g/mol. The number of piperidine rings is 1. The van der Waals surface area contributed by atoms with Crippen LogP contribution in [0.3, 0.4) is 0 Å². The summed E-state index contributed by atoms with van der Waals surface area (Å²) in [5.41, 5.74) is 12.2. The summed E-state index contributed by atoms with van der Waals surface area (Å²) in [6.07, 6.45) is 2.10. The van der Waals surface area contributed by atoms with Crippen LogP contribution in [0.15, 0.2) is 40.4 Å². The summed E-state index contributed by atoms with van der Waals surface area (Å²) in [5, 5.41) is 12.2. The molecule has 1 amide bonds. The lowest BCUT2D eigenvalue weighted by molar-refractivity contribution is 0.173. The van der Waals surface area contributed by atoms with E-state index in [2.05, 4.69) is 20.2 Å². The Labute approximate surface area is 156 Å². The molecule has 8 nitrogen and oxygen atoms in total. The molecule has 26 heavy (non-hydrogen) atoms. The summed E-state index contributed by atoms with van der Waals surface area (Å²) in [6, 6.07) is 7.51. The Bertz CT molecular complexity index is 808. The fraction of sp³-hybridized carbons (Fsp3) is 0.353. The first-order valence-corrected chi connectivity index (χ1v) is 9.08. The Balaban J connectivity index is 1.67. The third-order valence-electron chi connectivity index (χ3n) is 4.42. The summed E-state index contributed by atoms with van der Waals surface area (Å²) in [5.74, 6) is 1.07. The van der Waals surface area contributed by atoms with Gasteiger partial charge in [-0.15, -0.1) is 0 Å². The van der Waals surface area contributed by atoms with Crippen molar-refractivity contribution in [1.82, 2.24) is 15.3 Å². The van der Waals surface area contributed by atoms with Gasteiger partial charge < -0.3 is 26.8 Å². The molecule has 0 saturated carbocycles. The Morgan fingerprint density at radius 3 is 2.69 bits per heavy atom. The minimum absolute atomic E-state index is 0.368. The number of benzene rings is 1. The number of amides is 1. The molecule has 1 aromatic carbocycles. The molecule has 1 saturated heterocycles. The van der Waals surface area contributed by atoms with Gasteiger partial charge in [-0.25, -0.2) is 14.8 Å². The topological polar surface area (TPSA) is 130 Å². The summed E-state index contributed by atoms with van der Waals surface area (Å²) in [4.78, 5) is 22.9. The van der Waals surface area contributed by atoms with Crippen LogP contribution in [0.25, 0.3) is 0 Å². The van der Waals surface area contributed by atoms with Gasteiger partial charge in [0.25, 0.3) is 0 Å². The third kappa shape index (κ3) is 4.29. The van der Waals surface area contributed by atoms with E-state index in [0.717, 1.165) is 4.90 Å². The SMILES string of the molecule is CC1(NC(=O)O)CCN(c2cnc(Sc3cccc(N)c3)c(N)n2)CC1. The lowest BCUT2D eigenvalue weighted by Crippen LogP contribution is -2.53. The molecule has 0 aliphatic carbocycles. The normalized spacial score (nSPS) is 16.3. The summed E-state index contributed by atoms with van der Waals surface area (Å²) in [7, 11) is 0. The van der Waals surface area contributed by atoms with Crippen LogP contribution < -0.4 is 21.7 Å². The molecule has 138 valence electrons. The molecule has 0 spiro atoms. The van der Waals surface area contributed by atoms with Gasteiger partial charge in [0, 0.05) is 29.2 Å². The molecule has 9 heteroatoms. The predicted molar refractivity (Wildman–Crippen MR) is 102 cm³/mol. The summed E-state index contributed by atoms with van der Waals surface area (Å²) < 4.78 is 0. The van der Waals surface area contributed by atoms with Gasteiger partial charge in [0.2, 0.25) is 0 Å². The van der Waals surface area contributed by atoms with E-state index in [1.54, 1.807) is 6.20 Å². The van der Waals surface area contributed by atoms with Crippen molar-refractivity contribution in [2.75, 3.05) is 29.5 Å². The molecule has 0 bridgehead atoms. The average Bonchev–Trinajstić information content (AvgIpc) is 2.56. The van der Waals surface area contributed by atoms with Crippen LogP contribution in [0.2, 0.25) is 0 Å². The first-order chi connectivity index (χ1) is 12.3. The minimum atomic E-state index is -0.993. The van der Waals surface area contributed by atoms with Gasteiger partial charge in [0.15, 0.2) is 5.82 Å². The van der Waals surface area contributed by atoms with Crippen molar-refractivity contribution < 1.29 is 9.90 Å². The van der Waals surface area contributed by atoms with Crippen molar-refractivity contribution in [2.45, 2.75) is 35.2 Å². The van der Waals surface area contributed by atoms with Crippen molar-refractivity contribution in [3.63, 3.8) is 0 Å². The second kappa shape index (κ2) is 7.28. The van der Waals surface area contributed by atoms with Crippen LogP contribution in [-0.2, 0) is 0 Å². The van der Waals surface area contributed by atoms with Gasteiger partial charge in [0.1, 0.15) is 10.8 Å². The highest BCUT2D eigenvalue weighted by molar-refractivity contribution is 7.99.